The minimum Gasteiger partial charge on any atom is -0.458 e. The average molecular weight is 1380 g/mol. The summed E-state index contributed by atoms with van der Waals surface area (Å²) in [6, 6.07) is 0. The van der Waals surface area contributed by atoms with Crippen LogP contribution in [0, 0.1) is 41.4 Å². The smallest absolute Gasteiger partial charge is 0.331 e. The number of hydrogen-bond acceptors (Lipinski definition) is 20. The molecule has 0 aromatic heterocycles. The molecule has 20 heteroatoms. The van der Waals surface area contributed by atoms with Gasteiger partial charge in [0.05, 0.1) is 122 Å². The lowest BCUT2D eigenvalue weighted by atomic mass is 9.78. The van der Waals surface area contributed by atoms with E-state index in [2.05, 4.69) is 0 Å². The second-order valence-electron chi connectivity index (χ2n) is 29.9. The summed E-state index contributed by atoms with van der Waals surface area (Å²) in [6.45, 7) is 20.7. The Morgan fingerprint density at radius 1 is 0.454 bits per heavy atom. The van der Waals surface area contributed by atoms with E-state index in [1.165, 1.54) is 12.2 Å². The van der Waals surface area contributed by atoms with Gasteiger partial charge in [-0.1, -0.05) is 108 Å². The van der Waals surface area contributed by atoms with Crippen LogP contribution in [0.5, 0.6) is 0 Å². The molecule has 2 fully saturated rings. The summed E-state index contributed by atoms with van der Waals surface area (Å²) in [6.07, 6.45) is 14.5. The van der Waals surface area contributed by atoms with Gasteiger partial charge in [0.1, 0.15) is 12.2 Å². The van der Waals surface area contributed by atoms with Crippen LogP contribution in [0.2, 0.25) is 0 Å². The van der Waals surface area contributed by atoms with Gasteiger partial charge in [-0.2, -0.15) is 0 Å². The van der Waals surface area contributed by atoms with Crippen molar-refractivity contribution in [2.45, 2.75) is 332 Å². The molecule has 0 aromatic rings. The van der Waals surface area contributed by atoms with E-state index in [1.54, 1.807) is 54.4 Å². The van der Waals surface area contributed by atoms with Crippen molar-refractivity contribution in [2.24, 2.45) is 41.4 Å². The number of ether oxygens (including phenoxy) is 10. The van der Waals surface area contributed by atoms with Crippen LogP contribution in [0.25, 0.3) is 0 Å². The van der Waals surface area contributed by atoms with Crippen molar-refractivity contribution < 1.29 is 97.8 Å². The summed E-state index contributed by atoms with van der Waals surface area (Å²) in [5, 5.41) is 93.9. The van der Waals surface area contributed by atoms with Crippen LogP contribution in [-0.2, 0) is 57.0 Å². The minimum atomic E-state index is -1.16. The highest BCUT2D eigenvalue weighted by molar-refractivity contribution is 5.83. The fraction of sp³-hybridized carbons (Fsp3) is 0.818. The normalized spacial score (nSPS) is 38.9. The fourth-order valence-electron chi connectivity index (χ4n) is 15.1. The summed E-state index contributed by atoms with van der Waals surface area (Å²) in [5.41, 5.74) is 1.39. The van der Waals surface area contributed by atoms with E-state index in [9.17, 15) is 50.4 Å². The van der Waals surface area contributed by atoms with Crippen LogP contribution < -0.4 is 0 Å². The van der Waals surface area contributed by atoms with Crippen LogP contribution in [0.4, 0.5) is 0 Å². The third-order valence-electron chi connectivity index (χ3n) is 21.7. The van der Waals surface area contributed by atoms with Gasteiger partial charge in [-0.05, 0) is 136 Å². The van der Waals surface area contributed by atoms with E-state index in [0.29, 0.717) is 62.5 Å². The Morgan fingerprint density at radius 2 is 0.856 bits per heavy atom. The molecule has 29 unspecified atom stereocenters. The molecule has 97 heavy (non-hydrogen) atoms. The van der Waals surface area contributed by atoms with Crippen molar-refractivity contribution in [1.82, 2.24) is 0 Å². The van der Waals surface area contributed by atoms with E-state index < -0.39 is 127 Å². The molecule has 2 saturated heterocycles. The molecule has 5 aliphatic heterocycles. The van der Waals surface area contributed by atoms with Gasteiger partial charge in [0.25, 0.3) is 0 Å². The number of carbonyl (C=O) groups excluding carboxylic acids is 2. The van der Waals surface area contributed by atoms with Crippen LogP contribution in [0.15, 0.2) is 71.9 Å². The maximum atomic E-state index is 13.9. The first-order chi connectivity index (χ1) is 46.0. The Labute approximate surface area is 581 Å². The number of carbonyl (C=O) groups is 2. The number of aliphatic hydroxyl groups is 8. The highest BCUT2D eigenvalue weighted by Gasteiger charge is 2.42. The summed E-state index contributed by atoms with van der Waals surface area (Å²) in [4.78, 5) is 27.7. The van der Waals surface area contributed by atoms with Gasteiger partial charge in [0.2, 0.25) is 0 Å². The molecule has 8 N–H and O–H groups in total. The second kappa shape index (κ2) is 43.0. The predicted octanol–water partition coefficient (Wildman–Crippen LogP) is 9.86. The fourth-order valence-corrected chi connectivity index (χ4v) is 15.1. The van der Waals surface area contributed by atoms with E-state index in [0.717, 1.165) is 25.7 Å². The molecule has 20 nitrogen and oxygen atoms in total. The molecule has 0 radical (unpaired) electrons. The van der Waals surface area contributed by atoms with E-state index >= 15 is 0 Å². The Hall–Kier alpha value is -3.26. The van der Waals surface area contributed by atoms with Gasteiger partial charge in [-0.25, -0.2) is 9.59 Å². The molecule has 0 aliphatic carbocycles. The lowest BCUT2D eigenvalue weighted by molar-refractivity contribution is -0.158. The van der Waals surface area contributed by atoms with Crippen LogP contribution in [0.3, 0.4) is 0 Å². The number of allylic oxidation sites excluding steroid dienone is 4. The molecule has 558 valence electrons. The molecular formula is C77H130O20. The topological polar surface area (TPSA) is 288 Å². The summed E-state index contributed by atoms with van der Waals surface area (Å²) >= 11 is 0. The number of cyclic esters (lactones) is 2. The van der Waals surface area contributed by atoms with E-state index in [-0.39, 0.29) is 106 Å². The number of aliphatic hydroxyl groups excluding tert-OH is 8. The highest BCUT2D eigenvalue weighted by Crippen LogP contribution is 2.36. The standard InChI is InChI=1S/C77H130O20/c1-45-22-28-56(78)36-59-18-16-20-61(94-59)40-67(90-14)38-58(80)39-68(81)52(8)76(54(10)74(86)47(3)26-30-63-41-65(88-12)34-49(5)92-63)96-72(84)32-24-46(2)23-29-57(79)37-60-19-17-21-62(95-60)43-71(91-15)51(7)69(82)44-70(83)53(9)77(97-73(85)33-25-45)55(11)75(87)48(4)27-31-64-42-66(89-13)35-50(6)93-64/h16-19,22-25,32-33,47-71,74-83,86-87H,20-21,26-31,34-44H2,1-15H3. The Balaban J connectivity index is 1.35. The van der Waals surface area contributed by atoms with Crippen LogP contribution >= 0.6 is 0 Å². The number of esters is 2. The second-order valence-corrected chi connectivity index (χ2v) is 29.9. The lowest BCUT2D eigenvalue weighted by Crippen LogP contribution is -2.45. The van der Waals surface area contributed by atoms with Gasteiger partial charge in [-0.3, -0.25) is 0 Å². The van der Waals surface area contributed by atoms with Gasteiger partial charge in [0, 0.05) is 95.9 Å². The molecule has 0 saturated carbocycles. The molecule has 5 rings (SSSR count). The monoisotopic (exact) mass is 1370 g/mol. The minimum absolute atomic E-state index is 0.0265. The maximum Gasteiger partial charge on any atom is 0.331 e. The molecule has 29 atom stereocenters. The Morgan fingerprint density at radius 3 is 1.28 bits per heavy atom. The van der Waals surface area contributed by atoms with Gasteiger partial charge in [0.15, 0.2) is 0 Å². The van der Waals surface area contributed by atoms with E-state index in [1.807, 2.05) is 98.8 Å². The lowest BCUT2D eigenvalue weighted by Gasteiger charge is -2.38. The first-order valence-corrected chi connectivity index (χ1v) is 36.6. The zero-order valence-corrected chi connectivity index (χ0v) is 61.4. The molecule has 5 aliphatic rings. The van der Waals surface area contributed by atoms with Crippen molar-refractivity contribution in [2.75, 3.05) is 28.4 Å². The van der Waals surface area contributed by atoms with Crippen molar-refractivity contribution in [3.05, 3.63) is 71.9 Å². The number of methoxy groups -OCH3 is 4. The molecule has 0 amide bonds. The largest absolute Gasteiger partial charge is 0.458 e. The Bertz CT molecular complexity index is 2450. The Kier molecular flexibility index (Phi) is 37.4. The third-order valence-corrected chi connectivity index (χ3v) is 21.7. The van der Waals surface area contributed by atoms with Gasteiger partial charge >= 0.3 is 11.9 Å². The number of hydrogen-bond donors (Lipinski definition) is 8. The molecule has 5 heterocycles. The van der Waals surface area contributed by atoms with Gasteiger partial charge < -0.3 is 88.2 Å². The molecule has 0 aromatic carbocycles. The van der Waals surface area contributed by atoms with Crippen LogP contribution in [0.1, 0.15) is 198 Å². The van der Waals surface area contributed by atoms with E-state index in [4.69, 9.17) is 47.4 Å². The van der Waals surface area contributed by atoms with Crippen molar-refractivity contribution in [3.8, 4) is 0 Å². The summed E-state index contributed by atoms with van der Waals surface area (Å²) in [7, 11) is 6.57. The molecular weight excluding hydrogens is 1240 g/mol. The third kappa shape index (κ3) is 28.8. The first kappa shape index (κ1) is 84.4. The summed E-state index contributed by atoms with van der Waals surface area (Å²) in [5.74, 6) is -5.00. The quantitative estimate of drug-likeness (QED) is 0.0527. The maximum absolute atomic E-state index is 13.9. The summed E-state index contributed by atoms with van der Waals surface area (Å²) < 4.78 is 61.1. The molecule has 0 spiro atoms. The SMILES string of the molecule is COC1CC(C)OC(CCC(C)C(O)C(C)C2OC(=O)C=CC(C)=CCC(O)CC3C=CCC(CC(OC)C(C)C(O)CC(O)C(C)C(C(C)C(O)C(C)CCC4CC(OC)CC(C)O4)OC(=O)C=CC(C)=CCC(O)CC4C=CCC(CC(OC)CC(O)CC(O)C2C)O4)O3)C1. The highest BCUT2D eigenvalue weighted by atomic mass is 16.6. The average Bonchev–Trinajstić information content (AvgIpc) is 0.897. The number of fused-ring (bicyclic) bond motifs is 4. The van der Waals surface area contributed by atoms with Gasteiger partial charge in [-0.15, -0.1) is 0 Å². The zero-order chi connectivity index (χ0) is 71.6. The zero-order valence-electron chi connectivity index (χ0n) is 61.4. The first-order valence-electron chi connectivity index (χ1n) is 36.6. The number of rotatable bonds is 16. The van der Waals surface area contributed by atoms with Crippen molar-refractivity contribution >= 4 is 11.9 Å². The molecule has 4 bridgehead atoms. The van der Waals surface area contributed by atoms with Crippen molar-refractivity contribution in [1.29, 1.82) is 0 Å². The predicted molar refractivity (Wildman–Crippen MR) is 373 cm³/mol. The van der Waals surface area contributed by atoms with Crippen molar-refractivity contribution in [3.63, 3.8) is 0 Å². The van der Waals surface area contributed by atoms with Crippen LogP contribution in [-0.4, -0.2) is 216 Å².